The van der Waals surface area contributed by atoms with Gasteiger partial charge in [-0.25, -0.2) is 0 Å². The molecule has 0 aromatic heterocycles. The molecule has 23 heavy (non-hydrogen) atoms. The maximum absolute atomic E-state index is 6.58. The molecule has 1 rings (SSSR count). The second-order valence-electron chi connectivity index (χ2n) is 7.03. The highest BCUT2D eigenvalue weighted by atomic mass is 15.1. The normalized spacial score (nSPS) is 13.7. The Kier molecular flexibility index (Phi) is 10.0. The molecule has 1 atom stereocenters. The number of anilines is 1. The summed E-state index contributed by atoms with van der Waals surface area (Å²) in [5, 5.41) is 3.58. The summed E-state index contributed by atoms with van der Waals surface area (Å²) in [6, 6.07) is 8.41. The largest absolute Gasteiger partial charge is 0.367 e. The van der Waals surface area contributed by atoms with E-state index in [2.05, 4.69) is 50.4 Å². The van der Waals surface area contributed by atoms with Crippen molar-refractivity contribution in [2.24, 2.45) is 5.73 Å². The van der Waals surface area contributed by atoms with Crippen molar-refractivity contribution < 1.29 is 0 Å². The molecule has 0 heterocycles. The van der Waals surface area contributed by atoms with E-state index in [-0.39, 0.29) is 5.66 Å². The summed E-state index contributed by atoms with van der Waals surface area (Å²) >= 11 is 0. The molecule has 1 unspecified atom stereocenters. The predicted octanol–water partition coefficient (Wildman–Crippen LogP) is 6.39. The third-order valence-corrected chi connectivity index (χ3v) is 4.89. The molecule has 1 aromatic rings. The molecule has 0 aliphatic rings. The zero-order chi connectivity index (χ0) is 17.0. The molecule has 2 nitrogen and oxygen atoms in total. The molecule has 0 bridgehead atoms. The Morgan fingerprint density at radius 1 is 0.870 bits per heavy atom. The molecule has 0 saturated heterocycles. The molecule has 0 amide bonds. The first-order valence-corrected chi connectivity index (χ1v) is 9.74. The van der Waals surface area contributed by atoms with Gasteiger partial charge in [0.15, 0.2) is 0 Å². The minimum absolute atomic E-state index is 0.271. The molecular formula is C21H38N2. The van der Waals surface area contributed by atoms with Crippen molar-refractivity contribution in [3.63, 3.8) is 0 Å². The van der Waals surface area contributed by atoms with Crippen LogP contribution in [0, 0.1) is 6.92 Å². The van der Waals surface area contributed by atoms with Crippen molar-refractivity contribution in [1.82, 2.24) is 0 Å². The number of nitrogens with one attached hydrogen (secondary N) is 1. The van der Waals surface area contributed by atoms with Crippen molar-refractivity contribution in [3.8, 4) is 0 Å². The van der Waals surface area contributed by atoms with Crippen LogP contribution < -0.4 is 11.1 Å². The lowest BCUT2D eigenvalue weighted by atomic mass is 9.97. The zero-order valence-corrected chi connectivity index (χ0v) is 15.7. The van der Waals surface area contributed by atoms with E-state index in [1.807, 2.05) is 0 Å². The van der Waals surface area contributed by atoms with Gasteiger partial charge in [-0.05, 0) is 37.8 Å². The fraction of sp³-hybridized carbons (Fsp3) is 0.714. The monoisotopic (exact) mass is 318 g/mol. The third kappa shape index (κ3) is 8.41. The first-order valence-electron chi connectivity index (χ1n) is 9.74. The Balaban J connectivity index is 2.21. The molecule has 132 valence electrons. The van der Waals surface area contributed by atoms with Gasteiger partial charge in [0.25, 0.3) is 0 Å². The van der Waals surface area contributed by atoms with Gasteiger partial charge >= 0.3 is 0 Å². The molecule has 0 radical (unpaired) electrons. The van der Waals surface area contributed by atoms with Gasteiger partial charge in [0.1, 0.15) is 0 Å². The summed E-state index contributed by atoms with van der Waals surface area (Å²) in [4.78, 5) is 0. The zero-order valence-electron chi connectivity index (χ0n) is 15.7. The van der Waals surface area contributed by atoms with E-state index >= 15 is 0 Å². The quantitative estimate of drug-likeness (QED) is 0.326. The van der Waals surface area contributed by atoms with Crippen molar-refractivity contribution >= 4 is 5.69 Å². The number of aryl methyl sites for hydroxylation is 1. The standard InChI is InChI=1S/C21H38N2/c1-4-6-7-8-9-10-11-12-15-18-21(22,5-2)23-20-17-14-13-16-19(20)3/h13-14,16-17,23H,4-12,15,18,22H2,1-3H3. The molecule has 0 fully saturated rings. The van der Waals surface area contributed by atoms with Crippen LogP contribution in [0.25, 0.3) is 0 Å². The van der Waals surface area contributed by atoms with Crippen LogP contribution in [0.5, 0.6) is 0 Å². The van der Waals surface area contributed by atoms with Crippen LogP contribution in [0.1, 0.15) is 90.0 Å². The van der Waals surface area contributed by atoms with E-state index in [4.69, 9.17) is 5.73 Å². The first kappa shape index (κ1) is 20.0. The maximum Gasteiger partial charge on any atom is 0.0853 e. The highest BCUT2D eigenvalue weighted by Crippen LogP contribution is 2.23. The van der Waals surface area contributed by atoms with Crippen LogP contribution in [-0.4, -0.2) is 5.66 Å². The van der Waals surface area contributed by atoms with E-state index in [0.717, 1.165) is 12.8 Å². The van der Waals surface area contributed by atoms with Gasteiger partial charge in [-0.3, -0.25) is 0 Å². The fourth-order valence-corrected chi connectivity index (χ4v) is 3.06. The van der Waals surface area contributed by atoms with Crippen molar-refractivity contribution in [1.29, 1.82) is 0 Å². The number of rotatable bonds is 13. The summed E-state index contributed by atoms with van der Waals surface area (Å²) < 4.78 is 0. The number of benzene rings is 1. The van der Waals surface area contributed by atoms with E-state index in [1.54, 1.807) is 0 Å². The SMILES string of the molecule is CCCCCCCCCCCC(N)(CC)Nc1ccccc1C. The number of nitrogens with two attached hydrogens (primary N) is 1. The van der Waals surface area contributed by atoms with Crippen LogP contribution >= 0.6 is 0 Å². The summed E-state index contributed by atoms with van der Waals surface area (Å²) in [7, 11) is 0. The van der Waals surface area contributed by atoms with Crippen LogP contribution in [-0.2, 0) is 0 Å². The number of para-hydroxylation sites is 1. The van der Waals surface area contributed by atoms with Crippen molar-refractivity contribution in [3.05, 3.63) is 29.8 Å². The van der Waals surface area contributed by atoms with E-state index < -0.39 is 0 Å². The van der Waals surface area contributed by atoms with Gasteiger partial charge < -0.3 is 11.1 Å². The van der Waals surface area contributed by atoms with Crippen molar-refractivity contribution in [2.75, 3.05) is 5.32 Å². The highest BCUT2D eigenvalue weighted by molar-refractivity contribution is 5.51. The number of unbranched alkanes of at least 4 members (excludes halogenated alkanes) is 8. The summed E-state index contributed by atoms with van der Waals surface area (Å²) in [6.45, 7) is 6.59. The molecule has 1 aromatic carbocycles. The number of hydrogen-bond donors (Lipinski definition) is 2. The number of hydrogen-bond acceptors (Lipinski definition) is 2. The lowest BCUT2D eigenvalue weighted by Gasteiger charge is -2.31. The molecule has 0 saturated carbocycles. The lowest BCUT2D eigenvalue weighted by molar-refractivity contribution is 0.406. The van der Waals surface area contributed by atoms with Gasteiger partial charge in [0, 0.05) is 5.69 Å². The van der Waals surface area contributed by atoms with Crippen LogP contribution in [0.4, 0.5) is 5.69 Å². The average molecular weight is 319 g/mol. The highest BCUT2D eigenvalue weighted by Gasteiger charge is 2.22. The smallest absolute Gasteiger partial charge is 0.0853 e. The van der Waals surface area contributed by atoms with Crippen LogP contribution in [0.3, 0.4) is 0 Å². The van der Waals surface area contributed by atoms with Crippen molar-refractivity contribution in [2.45, 2.75) is 97.1 Å². The first-order chi connectivity index (χ1) is 11.1. The van der Waals surface area contributed by atoms with Gasteiger partial charge in [-0.1, -0.05) is 83.4 Å². The Morgan fingerprint density at radius 2 is 1.43 bits per heavy atom. The Bertz CT molecular complexity index is 416. The summed E-state index contributed by atoms with van der Waals surface area (Å²) in [5.74, 6) is 0. The van der Waals surface area contributed by atoms with E-state index in [9.17, 15) is 0 Å². The van der Waals surface area contributed by atoms with Gasteiger partial charge in [-0.2, -0.15) is 0 Å². The van der Waals surface area contributed by atoms with E-state index in [0.29, 0.717) is 0 Å². The molecule has 3 N–H and O–H groups in total. The second-order valence-corrected chi connectivity index (χ2v) is 7.03. The molecule has 0 aliphatic carbocycles. The minimum Gasteiger partial charge on any atom is -0.367 e. The Hall–Kier alpha value is -1.02. The van der Waals surface area contributed by atoms with Gasteiger partial charge in [0.05, 0.1) is 5.66 Å². The van der Waals surface area contributed by atoms with Crippen LogP contribution in [0.2, 0.25) is 0 Å². The molecule has 0 aliphatic heterocycles. The van der Waals surface area contributed by atoms with Gasteiger partial charge in [0.2, 0.25) is 0 Å². The Labute approximate surface area is 144 Å². The maximum atomic E-state index is 6.58. The topological polar surface area (TPSA) is 38.0 Å². The molecule has 0 spiro atoms. The minimum atomic E-state index is -0.271. The summed E-state index contributed by atoms with van der Waals surface area (Å²) in [6.07, 6.45) is 14.3. The van der Waals surface area contributed by atoms with E-state index in [1.165, 1.54) is 69.0 Å². The summed E-state index contributed by atoms with van der Waals surface area (Å²) in [5.41, 5.74) is 8.75. The average Bonchev–Trinajstić information content (AvgIpc) is 2.55. The molecular weight excluding hydrogens is 280 g/mol. The van der Waals surface area contributed by atoms with Gasteiger partial charge in [-0.15, -0.1) is 0 Å². The molecule has 2 heteroatoms. The fourth-order valence-electron chi connectivity index (χ4n) is 3.06. The second kappa shape index (κ2) is 11.5. The predicted molar refractivity (Wildman–Crippen MR) is 104 cm³/mol. The van der Waals surface area contributed by atoms with Crippen LogP contribution in [0.15, 0.2) is 24.3 Å². The lowest BCUT2D eigenvalue weighted by Crippen LogP contribution is -2.47. The third-order valence-electron chi connectivity index (χ3n) is 4.89. The Morgan fingerprint density at radius 3 is 2.00 bits per heavy atom.